The number of amides is 1. The molecule has 0 heterocycles. The number of hydrogen-bond acceptors (Lipinski definition) is 2. The molecule has 0 rings (SSSR count). The number of rotatable bonds is 5. The lowest BCUT2D eigenvalue weighted by atomic mass is 10.0. The summed E-state index contributed by atoms with van der Waals surface area (Å²) >= 11 is 0. The Labute approximate surface area is 74.9 Å². The van der Waals surface area contributed by atoms with Crippen molar-refractivity contribution in [1.82, 2.24) is 10.6 Å². The van der Waals surface area contributed by atoms with Crippen LogP contribution in [0, 0.1) is 0 Å². The van der Waals surface area contributed by atoms with Crippen LogP contribution in [0.5, 0.6) is 0 Å². The second-order valence-electron chi connectivity index (χ2n) is 3.59. The smallest absolute Gasteiger partial charge is 0.221 e. The summed E-state index contributed by atoms with van der Waals surface area (Å²) in [6, 6.07) is 0. The van der Waals surface area contributed by atoms with Gasteiger partial charge in [0.15, 0.2) is 0 Å². The first kappa shape index (κ1) is 11.4. The van der Waals surface area contributed by atoms with Gasteiger partial charge in [0.25, 0.3) is 0 Å². The highest BCUT2D eigenvalue weighted by Crippen LogP contribution is 2.05. The molecule has 3 nitrogen and oxygen atoms in total. The van der Waals surface area contributed by atoms with Crippen LogP contribution < -0.4 is 10.6 Å². The first-order valence-corrected chi connectivity index (χ1v) is 4.47. The Bertz CT molecular complexity index is 143. The highest BCUT2D eigenvalue weighted by Gasteiger charge is 2.13. The molecule has 0 aliphatic heterocycles. The molecule has 2 N–H and O–H groups in total. The minimum absolute atomic E-state index is 0.0920. The molecule has 12 heavy (non-hydrogen) atoms. The van der Waals surface area contributed by atoms with E-state index in [1.54, 1.807) is 7.05 Å². The third-order valence-electron chi connectivity index (χ3n) is 2.12. The van der Waals surface area contributed by atoms with E-state index in [9.17, 15) is 4.79 Å². The lowest BCUT2D eigenvalue weighted by Gasteiger charge is -2.24. The van der Waals surface area contributed by atoms with Crippen molar-refractivity contribution in [2.24, 2.45) is 0 Å². The van der Waals surface area contributed by atoms with Gasteiger partial charge in [0.2, 0.25) is 5.91 Å². The number of hydrogen-bond donors (Lipinski definition) is 2. The zero-order chi connectivity index (χ0) is 9.61. The van der Waals surface area contributed by atoms with Crippen molar-refractivity contribution >= 4 is 5.91 Å². The van der Waals surface area contributed by atoms with E-state index < -0.39 is 0 Å². The highest BCUT2D eigenvalue weighted by molar-refractivity contribution is 5.75. The molecule has 72 valence electrons. The number of carbonyl (C=O) groups is 1. The molecule has 0 aromatic carbocycles. The van der Waals surface area contributed by atoms with E-state index >= 15 is 0 Å². The van der Waals surface area contributed by atoms with E-state index in [0.29, 0.717) is 6.42 Å². The standard InChI is InChI=1S/C9H20N2O/c1-5-9(2,3)11-7-6-8(12)10-4/h11H,5-7H2,1-4H3,(H,10,12). The van der Waals surface area contributed by atoms with Gasteiger partial charge in [-0.25, -0.2) is 0 Å². The predicted octanol–water partition coefficient (Wildman–Crippen LogP) is 0.901. The Kier molecular flexibility index (Phi) is 4.90. The van der Waals surface area contributed by atoms with Gasteiger partial charge in [0, 0.05) is 25.6 Å². The molecule has 0 saturated carbocycles. The monoisotopic (exact) mass is 172 g/mol. The van der Waals surface area contributed by atoms with Gasteiger partial charge >= 0.3 is 0 Å². The van der Waals surface area contributed by atoms with Crippen LogP contribution in [0.15, 0.2) is 0 Å². The van der Waals surface area contributed by atoms with Crippen LogP contribution in [0.25, 0.3) is 0 Å². The maximum Gasteiger partial charge on any atom is 0.221 e. The quantitative estimate of drug-likeness (QED) is 0.647. The van der Waals surface area contributed by atoms with Crippen LogP contribution in [0.4, 0.5) is 0 Å². The molecule has 0 aliphatic carbocycles. The average molecular weight is 172 g/mol. The molecule has 0 radical (unpaired) electrons. The fourth-order valence-corrected chi connectivity index (χ4v) is 0.764. The van der Waals surface area contributed by atoms with Gasteiger partial charge in [-0.15, -0.1) is 0 Å². The summed E-state index contributed by atoms with van der Waals surface area (Å²) < 4.78 is 0. The van der Waals surface area contributed by atoms with Crippen molar-refractivity contribution < 1.29 is 4.79 Å². The summed E-state index contributed by atoms with van der Waals surface area (Å²) in [4.78, 5) is 10.8. The van der Waals surface area contributed by atoms with Crippen molar-refractivity contribution in [2.45, 2.75) is 39.2 Å². The summed E-state index contributed by atoms with van der Waals surface area (Å²) in [5.74, 6) is 0.0920. The first-order chi connectivity index (χ1) is 5.52. The Hall–Kier alpha value is -0.570. The molecule has 3 heteroatoms. The molecular weight excluding hydrogens is 152 g/mol. The zero-order valence-corrected chi connectivity index (χ0v) is 8.53. The molecular formula is C9H20N2O. The zero-order valence-electron chi connectivity index (χ0n) is 8.53. The largest absolute Gasteiger partial charge is 0.359 e. The lowest BCUT2D eigenvalue weighted by molar-refractivity contribution is -0.120. The molecule has 0 atom stereocenters. The van der Waals surface area contributed by atoms with E-state index in [1.807, 2.05) is 0 Å². The maximum atomic E-state index is 10.8. The van der Waals surface area contributed by atoms with Gasteiger partial charge in [-0.3, -0.25) is 4.79 Å². The molecule has 0 aromatic rings. The molecule has 0 fully saturated rings. The number of nitrogens with one attached hydrogen (secondary N) is 2. The normalized spacial score (nSPS) is 11.3. The minimum atomic E-state index is 0.0920. The van der Waals surface area contributed by atoms with Crippen LogP contribution >= 0.6 is 0 Å². The van der Waals surface area contributed by atoms with E-state index in [2.05, 4.69) is 31.4 Å². The lowest BCUT2D eigenvalue weighted by Crippen LogP contribution is -2.40. The van der Waals surface area contributed by atoms with Gasteiger partial charge in [-0.1, -0.05) is 6.92 Å². The van der Waals surface area contributed by atoms with Crippen LogP contribution in [-0.4, -0.2) is 25.0 Å². The SMILES string of the molecule is CCC(C)(C)NCCC(=O)NC. The van der Waals surface area contributed by atoms with Crippen molar-refractivity contribution in [2.75, 3.05) is 13.6 Å². The van der Waals surface area contributed by atoms with Crippen molar-refractivity contribution in [3.63, 3.8) is 0 Å². The third kappa shape index (κ3) is 5.13. The van der Waals surface area contributed by atoms with E-state index in [4.69, 9.17) is 0 Å². The fourth-order valence-electron chi connectivity index (χ4n) is 0.764. The molecule has 0 saturated heterocycles. The van der Waals surface area contributed by atoms with E-state index in [-0.39, 0.29) is 11.4 Å². The van der Waals surface area contributed by atoms with Gasteiger partial charge in [-0.2, -0.15) is 0 Å². The predicted molar refractivity (Wildman–Crippen MR) is 51.1 cm³/mol. The summed E-state index contributed by atoms with van der Waals surface area (Å²) in [6.07, 6.45) is 1.63. The molecule has 1 amide bonds. The van der Waals surface area contributed by atoms with Crippen molar-refractivity contribution in [3.05, 3.63) is 0 Å². The second kappa shape index (κ2) is 5.14. The van der Waals surface area contributed by atoms with Gasteiger partial charge < -0.3 is 10.6 Å². The summed E-state index contributed by atoms with van der Waals surface area (Å²) in [6.45, 7) is 7.15. The minimum Gasteiger partial charge on any atom is -0.359 e. The molecule has 0 aliphatic rings. The van der Waals surface area contributed by atoms with Gasteiger partial charge in [0.05, 0.1) is 0 Å². The molecule has 0 spiro atoms. The Morgan fingerprint density at radius 3 is 2.42 bits per heavy atom. The Morgan fingerprint density at radius 1 is 1.42 bits per heavy atom. The molecule has 0 bridgehead atoms. The third-order valence-corrected chi connectivity index (χ3v) is 2.12. The summed E-state index contributed by atoms with van der Waals surface area (Å²) in [5, 5.41) is 5.90. The van der Waals surface area contributed by atoms with E-state index in [1.165, 1.54) is 0 Å². The van der Waals surface area contributed by atoms with Gasteiger partial charge in [-0.05, 0) is 20.3 Å². The fraction of sp³-hybridized carbons (Fsp3) is 0.889. The molecule has 0 aromatic heterocycles. The van der Waals surface area contributed by atoms with E-state index in [0.717, 1.165) is 13.0 Å². The van der Waals surface area contributed by atoms with Crippen LogP contribution in [-0.2, 0) is 4.79 Å². The van der Waals surface area contributed by atoms with Crippen molar-refractivity contribution in [1.29, 1.82) is 0 Å². The Morgan fingerprint density at radius 2 is 2.00 bits per heavy atom. The van der Waals surface area contributed by atoms with Crippen LogP contribution in [0.1, 0.15) is 33.6 Å². The topological polar surface area (TPSA) is 41.1 Å². The van der Waals surface area contributed by atoms with Crippen molar-refractivity contribution in [3.8, 4) is 0 Å². The van der Waals surface area contributed by atoms with Gasteiger partial charge in [0.1, 0.15) is 0 Å². The van der Waals surface area contributed by atoms with Crippen LogP contribution in [0.2, 0.25) is 0 Å². The van der Waals surface area contributed by atoms with Crippen LogP contribution in [0.3, 0.4) is 0 Å². The highest BCUT2D eigenvalue weighted by atomic mass is 16.1. The summed E-state index contributed by atoms with van der Waals surface area (Å²) in [5.41, 5.74) is 0.147. The molecule has 0 unspecified atom stereocenters. The Balaban J connectivity index is 3.49. The average Bonchev–Trinajstić information content (AvgIpc) is 2.04. The second-order valence-corrected chi connectivity index (χ2v) is 3.59. The summed E-state index contributed by atoms with van der Waals surface area (Å²) in [7, 11) is 1.66. The maximum absolute atomic E-state index is 10.8. The number of carbonyl (C=O) groups excluding carboxylic acids is 1. The first-order valence-electron chi connectivity index (χ1n) is 4.47.